The Balaban J connectivity index is 2.05. The summed E-state index contributed by atoms with van der Waals surface area (Å²) in [5, 5.41) is 23.4. The Labute approximate surface area is 122 Å². The third-order valence-electron chi connectivity index (χ3n) is 3.40. The molecule has 4 aromatic rings. The van der Waals surface area contributed by atoms with E-state index < -0.39 is 0 Å². The SMILES string of the molecule is N#Cc1ccc2oc3cc(-c4nn[nH]n4)ccc3c(=O)c2c1. The number of aromatic amines is 1. The van der Waals surface area contributed by atoms with Gasteiger partial charge in [-0.25, -0.2) is 0 Å². The zero-order chi connectivity index (χ0) is 15.1. The van der Waals surface area contributed by atoms with Crippen LogP contribution in [0, 0.1) is 11.3 Å². The molecule has 0 unspecified atom stereocenters. The van der Waals surface area contributed by atoms with E-state index in [9.17, 15) is 4.79 Å². The van der Waals surface area contributed by atoms with Gasteiger partial charge in [-0.2, -0.15) is 10.5 Å². The van der Waals surface area contributed by atoms with Crippen LogP contribution in [0.15, 0.2) is 45.6 Å². The van der Waals surface area contributed by atoms with Gasteiger partial charge in [0.1, 0.15) is 11.2 Å². The zero-order valence-electron chi connectivity index (χ0n) is 11.1. The minimum absolute atomic E-state index is 0.173. The first-order valence-corrected chi connectivity index (χ1v) is 6.41. The molecule has 0 bridgehead atoms. The molecule has 0 saturated heterocycles. The van der Waals surface area contributed by atoms with Crippen LogP contribution in [-0.4, -0.2) is 20.6 Å². The lowest BCUT2D eigenvalue weighted by atomic mass is 10.1. The van der Waals surface area contributed by atoms with E-state index in [1.165, 1.54) is 6.07 Å². The van der Waals surface area contributed by atoms with Crippen molar-refractivity contribution in [2.75, 3.05) is 0 Å². The van der Waals surface area contributed by atoms with Crippen molar-refractivity contribution in [3.8, 4) is 17.5 Å². The van der Waals surface area contributed by atoms with Gasteiger partial charge in [0, 0.05) is 5.56 Å². The number of nitrogens with one attached hydrogen (secondary N) is 1. The van der Waals surface area contributed by atoms with Crippen molar-refractivity contribution in [3.63, 3.8) is 0 Å². The van der Waals surface area contributed by atoms with E-state index in [4.69, 9.17) is 9.68 Å². The smallest absolute Gasteiger partial charge is 0.204 e. The van der Waals surface area contributed by atoms with Crippen LogP contribution < -0.4 is 5.43 Å². The zero-order valence-corrected chi connectivity index (χ0v) is 11.1. The number of benzene rings is 2. The fraction of sp³-hybridized carbons (Fsp3) is 0. The van der Waals surface area contributed by atoms with E-state index in [0.717, 1.165) is 0 Å². The van der Waals surface area contributed by atoms with Crippen molar-refractivity contribution in [3.05, 3.63) is 52.2 Å². The second kappa shape index (κ2) is 4.49. The molecule has 0 fully saturated rings. The van der Waals surface area contributed by atoms with Crippen LogP contribution in [0.4, 0.5) is 0 Å². The topological polar surface area (TPSA) is 108 Å². The molecule has 0 spiro atoms. The average Bonchev–Trinajstić information content (AvgIpc) is 3.09. The first-order valence-electron chi connectivity index (χ1n) is 6.41. The van der Waals surface area contributed by atoms with E-state index >= 15 is 0 Å². The predicted molar refractivity (Wildman–Crippen MR) is 77.9 cm³/mol. The fourth-order valence-corrected chi connectivity index (χ4v) is 2.35. The number of H-pyrrole nitrogens is 1. The van der Waals surface area contributed by atoms with Crippen molar-refractivity contribution in [1.82, 2.24) is 20.6 Å². The Morgan fingerprint density at radius 1 is 1.09 bits per heavy atom. The highest BCUT2D eigenvalue weighted by atomic mass is 16.3. The summed E-state index contributed by atoms with van der Waals surface area (Å²) in [5.74, 6) is 0.421. The summed E-state index contributed by atoms with van der Waals surface area (Å²) in [6, 6.07) is 11.9. The van der Waals surface area contributed by atoms with Crippen LogP contribution in [0.3, 0.4) is 0 Å². The number of tetrazole rings is 1. The molecule has 2 heterocycles. The van der Waals surface area contributed by atoms with E-state index in [1.54, 1.807) is 30.3 Å². The summed E-state index contributed by atoms with van der Waals surface area (Å²) in [6.07, 6.45) is 0. The molecule has 104 valence electrons. The highest BCUT2D eigenvalue weighted by Gasteiger charge is 2.11. The Morgan fingerprint density at radius 2 is 2.00 bits per heavy atom. The molecule has 0 saturated carbocycles. The second-order valence-electron chi connectivity index (χ2n) is 4.70. The van der Waals surface area contributed by atoms with Crippen molar-refractivity contribution in [2.45, 2.75) is 0 Å². The summed E-state index contributed by atoms with van der Waals surface area (Å²) in [7, 11) is 0. The highest BCUT2D eigenvalue weighted by molar-refractivity contribution is 5.91. The molecule has 0 aliphatic heterocycles. The van der Waals surface area contributed by atoms with Crippen molar-refractivity contribution < 1.29 is 4.42 Å². The molecular weight excluding hydrogens is 282 g/mol. The molecule has 7 nitrogen and oxygen atoms in total. The minimum Gasteiger partial charge on any atom is -0.456 e. The quantitative estimate of drug-likeness (QED) is 0.537. The second-order valence-corrected chi connectivity index (χ2v) is 4.70. The van der Waals surface area contributed by atoms with Gasteiger partial charge in [0.15, 0.2) is 0 Å². The Morgan fingerprint density at radius 3 is 2.77 bits per heavy atom. The molecule has 22 heavy (non-hydrogen) atoms. The van der Waals surface area contributed by atoms with E-state index in [2.05, 4.69) is 20.6 Å². The van der Waals surface area contributed by atoms with Gasteiger partial charge in [0.25, 0.3) is 0 Å². The van der Waals surface area contributed by atoms with Crippen LogP contribution in [0.2, 0.25) is 0 Å². The molecule has 0 radical (unpaired) electrons. The van der Waals surface area contributed by atoms with Gasteiger partial charge in [-0.15, -0.1) is 10.2 Å². The molecule has 0 aliphatic rings. The monoisotopic (exact) mass is 289 g/mol. The fourth-order valence-electron chi connectivity index (χ4n) is 2.35. The van der Waals surface area contributed by atoms with Gasteiger partial charge in [0.2, 0.25) is 11.3 Å². The van der Waals surface area contributed by atoms with Crippen LogP contribution in [0.5, 0.6) is 0 Å². The average molecular weight is 289 g/mol. The van der Waals surface area contributed by atoms with Gasteiger partial charge in [0.05, 0.1) is 22.4 Å². The molecule has 2 aromatic heterocycles. The number of rotatable bonds is 1. The maximum Gasteiger partial charge on any atom is 0.204 e. The summed E-state index contributed by atoms with van der Waals surface area (Å²) in [4.78, 5) is 12.5. The molecule has 2 aromatic carbocycles. The van der Waals surface area contributed by atoms with Gasteiger partial charge in [-0.05, 0) is 35.5 Å². The minimum atomic E-state index is -0.173. The van der Waals surface area contributed by atoms with Crippen LogP contribution in [-0.2, 0) is 0 Å². The molecule has 1 N–H and O–H groups in total. The summed E-state index contributed by atoms with van der Waals surface area (Å²) < 4.78 is 5.77. The first-order chi connectivity index (χ1) is 10.8. The first kappa shape index (κ1) is 12.2. The molecule has 4 rings (SSSR count). The van der Waals surface area contributed by atoms with Crippen LogP contribution in [0.1, 0.15) is 5.56 Å². The van der Waals surface area contributed by atoms with Crippen LogP contribution >= 0.6 is 0 Å². The number of nitriles is 1. The maximum atomic E-state index is 12.5. The Hall–Kier alpha value is -3.53. The normalized spacial score (nSPS) is 10.9. The lowest BCUT2D eigenvalue weighted by Crippen LogP contribution is -2.02. The van der Waals surface area contributed by atoms with Crippen molar-refractivity contribution in [2.24, 2.45) is 0 Å². The van der Waals surface area contributed by atoms with E-state index in [-0.39, 0.29) is 5.43 Å². The standard InChI is InChI=1S/C15H7N5O2/c16-7-8-1-4-12-11(5-8)14(21)10-3-2-9(6-13(10)22-12)15-17-19-20-18-15/h1-6H,(H,17,18,19,20). The summed E-state index contributed by atoms with van der Waals surface area (Å²) >= 11 is 0. The van der Waals surface area contributed by atoms with Gasteiger partial charge in [-0.3, -0.25) is 4.79 Å². The van der Waals surface area contributed by atoms with E-state index in [0.29, 0.717) is 38.9 Å². The lowest BCUT2D eigenvalue weighted by Gasteiger charge is -2.03. The molecular formula is C15H7N5O2. The number of hydrogen-bond acceptors (Lipinski definition) is 6. The largest absolute Gasteiger partial charge is 0.456 e. The summed E-state index contributed by atoms with van der Waals surface area (Å²) in [5.41, 5.74) is 1.80. The molecule has 0 aliphatic carbocycles. The van der Waals surface area contributed by atoms with E-state index in [1.807, 2.05) is 6.07 Å². The van der Waals surface area contributed by atoms with Gasteiger partial charge < -0.3 is 4.42 Å². The summed E-state index contributed by atoms with van der Waals surface area (Å²) in [6.45, 7) is 0. The van der Waals surface area contributed by atoms with Crippen molar-refractivity contribution in [1.29, 1.82) is 5.26 Å². The highest BCUT2D eigenvalue weighted by Crippen LogP contribution is 2.23. The number of nitrogens with zero attached hydrogens (tertiary/aromatic N) is 4. The molecule has 0 amide bonds. The van der Waals surface area contributed by atoms with Crippen molar-refractivity contribution >= 4 is 21.9 Å². The third-order valence-corrected chi connectivity index (χ3v) is 3.40. The maximum absolute atomic E-state index is 12.5. The number of fused-ring (bicyclic) bond motifs is 2. The number of aromatic nitrogens is 4. The molecule has 7 heteroatoms. The third kappa shape index (κ3) is 1.75. The van der Waals surface area contributed by atoms with Crippen LogP contribution in [0.25, 0.3) is 33.3 Å². The van der Waals surface area contributed by atoms with Gasteiger partial charge >= 0.3 is 0 Å². The number of hydrogen-bond donors (Lipinski definition) is 1. The Kier molecular flexibility index (Phi) is 2.50. The molecule has 0 atom stereocenters. The Bertz CT molecular complexity index is 1110. The lowest BCUT2D eigenvalue weighted by molar-refractivity contribution is 0.660. The van der Waals surface area contributed by atoms with Gasteiger partial charge in [-0.1, -0.05) is 6.07 Å². The predicted octanol–water partition coefficient (Wildman–Crippen LogP) is 2.00.